The van der Waals surface area contributed by atoms with Crippen LogP contribution in [0.4, 0.5) is 0 Å². The van der Waals surface area contributed by atoms with Crippen LogP contribution in [0.3, 0.4) is 0 Å². The summed E-state index contributed by atoms with van der Waals surface area (Å²) in [6.07, 6.45) is 3.40. The van der Waals surface area contributed by atoms with E-state index in [1.165, 1.54) is 22.9 Å². The van der Waals surface area contributed by atoms with Crippen LogP contribution in [0.1, 0.15) is 39.7 Å². The van der Waals surface area contributed by atoms with E-state index in [1.807, 2.05) is 13.8 Å². The molecule has 0 N–H and O–H groups in total. The van der Waals surface area contributed by atoms with Crippen LogP contribution in [0, 0.1) is 0 Å². The molecule has 21 heavy (non-hydrogen) atoms. The first kappa shape index (κ1) is 17.0. The van der Waals surface area contributed by atoms with Crippen LogP contribution in [-0.2, 0) is 6.54 Å². The smallest absolute Gasteiger partial charge is 0.0483 e. The molecule has 1 aromatic heterocycles. The fourth-order valence-corrected chi connectivity index (χ4v) is 2.06. The van der Waals surface area contributed by atoms with Crippen LogP contribution < -0.4 is 0 Å². The molecule has 0 radical (unpaired) electrons. The van der Waals surface area contributed by atoms with Crippen molar-refractivity contribution in [3.05, 3.63) is 72.4 Å². The minimum Gasteiger partial charge on any atom is -0.343 e. The monoisotopic (exact) mass is 281 g/mol. The molecule has 0 aliphatic rings. The van der Waals surface area contributed by atoms with Crippen molar-refractivity contribution >= 4 is 10.9 Å². The van der Waals surface area contributed by atoms with Gasteiger partial charge in [0.15, 0.2) is 0 Å². The van der Waals surface area contributed by atoms with Gasteiger partial charge in [-0.1, -0.05) is 82.6 Å². The van der Waals surface area contributed by atoms with Gasteiger partial charge in [-0.3, -0.25) is 0 Å². The summed E-state index contributed by atoms with van der Waals surface area (Å²) < 4.78 is 2.28. The maximum Gasteiger partial charge on any atom is 0.0483 e. The van der Waals surface area contributed by atoms with E-state index >= 15 is 0 Å². The average Bonchev–Trinajstić information content (AvgIpc) is 2.95. The molecule has 0 unspecified atom stereocenters. The summed E-state index contributed by atoms with van der Waals surface area (Å²) in [5.74, 6) is 0. The summed E-state index contributed by atoms with van der Waals surface area (Å²) in [5, 5.41) is 1.30. The first-order valence-electron chi connectivity index (χ1n) is 7.93. The summed E-state index contributed by atoms with van der Waals surface area (Å²) in [7, 11) is 0. The zero-order chi connectivity index (χ0) is 15.5. The van der Waals surface area contributed by atoms with Gasteiger partial charge in [-0.15, -0.1) is 0 Å². The molecule has 0 bridgehead atoms. The largest absolute Gasteiger partial charge is 0.343 e. The molecule has 0 aliphatic carbocycles. The van der Waals surface area contributed by atoms with Gasteiger partial charge >= 0.3 is 0 Å². The van der Waals surface area contributed by atoms with E-state index in [1.54, 1.807) is 0 Å². The zero-order valence-electron chi connectivity index (χ0n) is 13.7. The van der Waals surface area contributed by atoms with E-state index in [4.69, 9.17) is 0 Å². The van der Waals surface area contributed by atoms with Gasteiger partial charge < -0.3 is 4.57 Å². The summed E-state index contributed by atoms with van der Waals surface area (Å²) in [5.41, 5.74) is 2.63. The van der Waals surface area contributed by atoms with Gasteiger partial charge in [0.2, 0.25) is 0 Å². The fourth-order valence-electron chi connectivity index (χ4n) is 2.06. The van der Waals surface area contributed by atoms with Crippen LogP contribution in [-0.4, -0.2) is 4.57 Å². The number of rotatable bonds is 2. The Balaban J connectivity index is 0.000000395. The molecule has 0 fully saturated rings. The Hall–Kier alpha value is -2.02. The zero-order valence-corrected chi connectivity index (χ0v) is 13.7. The topological polar surface area (TPSA) is 4.93 Å². The Kier molecular flexibility index (Phi) is 7.96. The fraction of sp³-hybridized carbons (Fsp3) is 0.300. The molecule has 2 aromatic carbocycles. The predicted molar refractivity (Wildman–Crippen MR) is 94.8 cm³/mol. The Morgan fingerprint density at radius 2 is 1.33 bits per heavy atom. The SMILES string of the molecule is CC.CCC.c1ccc(Cn2ccc3ccccc32)cc1. The molecule has 0 amide bonds. The van der Waals surface area contributed by atoms with Gasteiger partial charge in [0.1, 0.15) is 0 Å². The highest BCUT2D eigenvalue weighted by atomic mass is 14.9. The van der Waals surface area contributed by atoms with Crippen molar-refractivity contribution in [3.8, 4) is 0 Å². The Morgan fingerprint density at radius 3 is 2.00 bits per heavy atom. The average molecular weight is 281 g/mol. The van der Waals surface area contributed by atoms with Gasteiger partial charge in [0.25, 0.3) is 0 Å². The Bertz CT molecular complexity index is 608. The first-order chi connectivity index (χ1) is 10.3. The molecule has 3 rings (SSSR count). The van der Waals surface area contributed by atoms with Crippen molar-refractivity contribution in [2.45, 2.75) is 40.7 Å². The molecular weight excluding hydrogens is 254 g/mol. The van der Waals surface area contributed by atoms with E-state index in [0.29, 0.717) is 0 Å². The standard InChI is InChI=1S/C15H13N.C3H8.C2H6/c1-2-6-13(7-3-1)12-16-11-10-14-8-4-5-9-15(14)16;1-3-2;1-2/h1-11H,12H2;3H2,1-2H3;1-2H3. The second-order valence-corrected chi connectivity index (χ2v) is 4.70. The molecule has 0 aliphatic heterocycles. The number of hydrogen-bond acceptors (Lipinski definition) is 0. The Labute approximate surface area is 129 Å². The number of hydrogen-bond donors (Lipinski definition) is 0. The molecule has 1 heterocycles. The summed E-state index contributed by atoms with van der Waals surface area (Å²) in [4.78, 5) is 0. The third kappa shape index (κ3) is 5.11. The number of nitrogens with zero attached hydrogens (tertiary/aromatic N) is 1. The maximum atomic E-state index is 2.28. The van der Waals surface area contributed by atoms with Crippen molar-refractivity contribution in [1.82, 2.24) is 4.57 Å². The molecule has 3 aromatic rings. The minimum atomic E-state index is 0.939. The number of benzene rings is 2. The highest BCUT2D eigenvalue weighted by Gasteiger charge is 1.99. The summed E-state index contributed by atoms with van der Waals surface area (Å²) in [6, 6.07) is 21.2. The van der Waals surface area contributed by atoms with Gasteiger partial charge in [0.05, 0.1) is 0 Å². The molecular formula is C20H27N. The van der Waals surface area contributed by atoms with Crippen LogP contribution in [0.25, 0.3) is 10.9 Å². The van der Waals surface area contributed by atoms with Gasteiger partial charge in [-0.05, 0) is 23.1 Å². The van der Waals surface area contributed by atoms with E-state index < -0.39 is 0 Å². The lowest BCUT2D eigenvalue weighted by Crippen LogP contribution is -1.96. The lowest BCUT2D eigenvalue weighted by Gasteiger charge is -2.05. The lowest BCUT2D eigenvalue weighted by atomic mass is 10.2. The molecule has 0 spiro atoms. The van der Waals surface area contributed by atoms with Gasteiger partial charge in [-0.2, -0.15) is 0 Å². The lowest BCUT2D eigenvalue weighted by molar-refractivity contribution is 0.837. The van der Waals surface area contributed by atoms with Crippen LogP contribution in [0.15, 0.2) is 66.9 Å². The van der Waals surface area contributed by atoms with Gasteiger partial charge in [-0.25, -0.2) is 0 Å². The van der Waals surface area contributed by atoms with E-state index in [0.717, 1.165) is 6.54 Å². The van der Waals surface area contributed by atoms with E-state index in [9.17, 15) is 0 Å². The molecule has 1 heteroatoms. The molecule has 0 saturated carbocycles. The van der Waals surface area contributed by atoms with Gasteiger partial charge in [0, 0.05) is 18.3 Å². The number of fused-ring (bicyclic) bond motifs is 1. The third-order valence-electron chi connectivity index (χ3n) is 2.88. The normalized spacial score (nSPS) is 9.33. The molecule has 1 nitrogen and oxygen atoms in total. The summed E-state index contributed by atoms with van der Waals surface area (Å²) in [6.45, 7) is 9.19. The first-order valence-corrected chi connectivity index (χ1v) is 7.93. The highest BCUT2D eigenvalue weighted by Crippen LogP contribution is 2.16. The van der Waals surface area contributed by atoms with Crippen LogP contribution in [0.2, 0.25) is 0 Å². The van der Waals surface area contributed by atoms with Crippen molar-refractivity contribution in [2.24, 2.45) is 0 Å². The van der Waals surface area contributed by atoms with Crippen LogP contribution in [0.5, 0.6) is 0 Å². The molecule has 112 valence electrons. The highest BCUT2D eigenvalue weighted by molar-refractivity contribution is 5.79. The van der Waals surface area contributed by atoms with E-state index in [-0.39, 0.29) is 0 Å². The maximum absolute atomic E-state index is 2.28. The van der Waals surface area contributed by atoms with Crippen LogP contribution >= 0.6 is 0 Å². The second kappa shape index (κ2) is 9.82. The van der Waals surface area contributed by atoms with Crippen molar-refractivity contribution in [3.63, 3.8) is 0 Å². The quantitative estimate of drug-likeness (QED) is 0.532. The van der Waals surface area contributed by atoms with Crippen molar-refractivity contribution in [1.29, 1.82) is 0 Å². The molecule has 0 saturated heterocycles. The van der Waals surface area contributed by atoms with Crippen molar-refractivity contribution in [2.75, 3.05) is 0 Å². The second-order valence-electron chi connectivity index (χ2n) is 4.70. The number of aromatic nitrogens is 1. The third-order valence-corrected chi connectivity index (χ3v) is 2.88. The van der Waals surface area contributed by atoms with E-state index in [2.05, 4.69) is 85.3 Å². The molecule has 0 atom stereocenters. The predicted octanol–water partition coefficient (Wildman–Crippen LogP) is 6.13. The number of para-hydroxylation sites is 1. The Morgan fingerprint density at radius 1 is 0.762 bits per heavy atom. The van der Waals surface area contributed by atoms with Crippen molar-refractivity contribution < 1.29 is 0 Å². The minimum absolute atomic E-state index is 0.939. The summed E-state index contributed by atoms with van der Waals surface area (Å²) >= 11 is 0.